The Labute approximate surface area is 214 Å². The minimum atomic E-state index is -0.688. The van der Waals surface area contributed by atoms with Gasteiger partial charge in [0.15, 0.2) is 11.6 Å². The van der Waals surface area contributed by atoms with E-state index in [0.717, 1.165) is 39.3 Å². The number of hydrogen-bond acceptors (Lipinski definition) is 6. The summed E-state index contributed by atoms with van der Waals surface area (Å²) >= 11 is 12.2. The molecule has 35 heavy (non-hydrogen) atoms. The highest BCUT2D eigenvalue weighted by Crippen LogP contribution is 2.35. The number of hydrogen-bond donors (Lipinski definition) is 3. The number of nitrogen functional groups attached to an aromatic ring is 1. The quantitative estimate of drug-likeness (QED) is 0.277. The highest BCUT2D eigenvalue weighted by atomic mass is 35.5. The van der Waals surface area contributed by atoms with Gasteiger partial charge in [0.05, 0.1) is 24.8 Å². The number of carbonyl (C=O) groups is 1. The maximum Gasteiger partial charge on any atom is 0.315 e. The number of ether oxygens (including phenoxy) is 2. The fourth-order valence-electron chi connectivity index (χ4n) is 3.45. The Bertz CT molecular complexity index is 1090. The van der Waals surface area contributed by atoms with Gasteiger partial charge in [-0.25, -0.2) is 14.2 Å². The molecule has 1 aromatic heterocycles. The second-order valence-electron chi connectivity index (χ2n) is 7.84. The molecule has 2 amide bonds. The number of morpholine rings is 1. The van der Waals surface area contributed by atoms with Gasteiger partial charge in [0, 0.05) is 48.0 Å². The lowest BCUT2D eigenvalue weighted by atomic mass is 10.1. The third-order valence-corrected chi connectivity index (χ3v) is 6.00. The molecule has 0 aliphatic carbocycles. The molecule has 1 aromatic carbocycles. The molecule has 1 saturated heterocycles. The zero-order valence-electron chi connectivity index (χ0n) is 19.4. The van der Waals surface area contributed by atoms with Crippen LogP contribution in [0.5, 0.6) is 5.75 Å². The fraction of sp³-hybridized carbons (Fsp3) is 0.417. The molecule has 1 aliphatic heterocycles. The first-order valence-corrected chi connectivity index (χ1v) is 12.0. The lowest BCUT2D eigenvalue weighted by molar-refractivity contribution is 0.0375. The Kier molecular flexibility index (Phi) is 10.2. The van der Waals surface area contributed by atoms with Crippen molar-refractivity contribution in [2.75, 3.05) is 51.7 Å². The van der Waals surface area contributed by atoms with E-state index in [4.69, 9.17) is 38.4 Å². The normalized spacial score (nSPS) is 14.5. The van der Waals surface area contributed by atoms with Crippen LogP contribution < -0.4 is 21.1 Å². The lowest BCUT2D eigenvalue weighted by Gasteiger charge is -2.26. The smallest absolute Gasteiger partial charge is 0.315 e. The van der Waals surface area contributed by atoms with E-state index in [1.54, 1.807) is 13.0 Å². The van der Waals surface area contributed by atoms with Crippen molar-refractivity contribution in [3.63, 3.8) is 0 Å². The van der Waals surface area contributed by atoms with E-state index >= 15 is 0 Å². The molecule has 188 valence electrons. The van der Waals surface area contributed by atoms with Crippen LogP contribution in [-0.2, 0) is 4.74 Å². The summed E-state index contributed by atoms with van der Waals surface area (Å²) in [6.07, 6.45) is 1.67. The average molecular weight is 524 g/mol. The summed E-state index contributed by atoms with van der Waals surface area (Å²) in [5.41, 5.74) is 6.77. The van der Waals surface area contributed by atoms with Gasteiger partial charge in [-0.1, -0.05) is 35.0 Å². The summed E-state index contributed by atoms with van der Waals surface area (Å²) in [5.74, 6) is 5.56. The molecule has 11 heteroatoms. The van der Waals surface area contributed by atoms with Crippen LogP contribution in [0.3, 0.4) is 0 Å². The first-order valence-electron chi connectivity index (χ1n) is 11.2. The van der Waals surface area contributed by atoms with Gasteiger partial charge in [0.2, 0.25) is 0 Å². The van der Waals surface area contributed by atoms with Crippen molar-refractivity contribution in [3.05, 3.63) is 51.4 Å². The van der Waals surface area contributed by atoms with Crippen LogP contribution in [0.2, 0.25) is 10.0 Å². The average Bonchev–Trinajstić information content (AvgIpc) is 2.85. The Hall–Kier alpha value is -2.77. The topological polar surface area (TPSA) is 102 Å². The minimum absolute atomic E-state index is 0.113. The van der Waals surface area contributed by atoms with Crippen LogP contribution in [0.4, 0.5) is 15.0 Å². The Morgan fingerprint density at radius 2 is 2.11 bits per heavy atom. The molecular formula is C24H28Cl2FN5O3. The summed E-state index contributed by atoms with van der Waals surface area (Å²) < 4.78 is 25.0. The zero-order chi connectivity index (χ0) is 25.2. The molecule has 8 nitrogen and oxygen atoms in total. The number of amides is 2. The van der Waals surface area contributed by atoms with Crippen molar-refractivity contribution in [1.82, 2.24) is 20.5 Å². The third kappa shape index (κ3) is 8.15. The van der Waals surface area contributed by atoms with Crippen LogP contribution in [-0.4, -0.2) is 61.9 Å². The molecule has 0 spiro atoms. The van der Waals surface area contributed by atoms with E-state index in [1.807, 2.05) is 0 Å². The third-order valence-electron chi connectivity index (χ3n) is 5.28. The van der Waals surface area contributed by atoms with E-state index < -0.39 is 11.9 Å². The fourth-order valence-corrected chi connectivity index (χ4v) is 4.12. The molecule has 0 bridgehead atoms. The summed E-state index contributed by atoms with van der Waals surface area (Å²) in [6.45, 7) is 6.72. The molecule has 0 radical (unpaired) electrons. The van der Waals surface area contributed by atoms with Crippen LogP contribution in [0.1, 0.15) is 30.6 Å². The highest BCUT2D eigenvalue weighted by Gasteiger charge is 2.20. The SMILES string of the molecule is CC(Oc1cc(C#CCNC(=O)NCCCN2CCOCC2)cnc1N)c1c(Cl)ccc(F)c1Cl. The molecule has 1 aliphatic rings. The van der Waals surface area contributed by atoms with E-state index in [0.29, 0.717) is 17.7 Å². The number of rotatable bonds is 8. The van der Waals surface area contributed by atoms with Gasteiger partial charge in [0.25, 0.3) is 0 Å². The molecule has 1 fully saturated rings. The summed E-state index contributed by atoms with van der Waals surface area (Å²) in [7, 11) is 0. The number of carbonyl (C=O) groups excluding carboxylic acids is 1. The number of urea groups is 1. The Morgan fingerprint density at radius 1 is 1.34 bits per heavy atom. The summed E-state index contributed by atoms with van der Waals surface area (Å²) in [4.78, 5) is 18.3. The molecular weight excluding hydrogens is 496 g/mol. The van der Waals surface area contributed by atoms with Gasteiger partial charge >= 0.3 is 6.03 Å². The van der Waals surface area contributed by atoms with E-state index in [2.05, 4.69) is 32.4 Å². The number of nitrogens with zero attached hydrogens (tertiary/aromatic N) is 2. The molecule has 1 unspecified atom stereocenters. The van der Waals surface area contributed by atoms with Crippen molar-refractivity contribution in [2.24, 2.45) is 0 Å². The predicted octanol–water partition coefficient (Wildman–Crippen LogP) is 3.62. The highest BCUT2D eigenvalue weighted by molar-refractivity contribution is 6.36. The number of anilines is 1. The maximum absolute atomic E-state index is 13.9. The number of nitrogens with one attached hydrogen (secondary N) is 2. The molecule has 1 atom stereocenters. The van der Waals surface area contributed by atoms with Gasteiger partial charge in [0.1, 0.15) is 11.9 Å². The molecule has 2 aromatic rings. The van der Waals surface area contributed by atoms with E-state index in [1.165, 1.54) is 18.3 Å². The Balaban J connectivity index is 1.47. The largest absolute Gasteiger partial charge is 0.482 e. The second kappa shape index (κ2) is 13.4. The number of benzene rings is 1. The predicted molar refractivity (Wildman–Crippen MR) is 134 cm³/mol. The van der Waals surface area contributed by atoms with Crippen LogP contribution in [0, 0.1) is 17.7 Å². The molecule has 4 N–H and O–H groups in total. The van der Waals surface area contributed by atoms with Crippen molar-refractivity contribution >= 4 is 35.1 Å². The van der Waals surface area contributed by atoms with Crippen LogP contribution in [0.25, 0.3) is 0 Å². The zero-order valence-corrected chi connectivity index (χ0v) is 20.9. The number of nitrogens with two attached hydrogens (primary N) is 1. The monoisotopic (exact) mass is 523 g/mol. The number of halogens is 3. The van der Waals surface area contributed by atoms with Gasteiger partial charge < -0.3 is 25.8 Å². The maximum atomic E-state index is 13.9. The molecule has 0 saturated carbocycles. The summed E-state index contributed by atoms with van der Waals surface area (Å²) in [5, 5.41) is 5.67. The van der Waals surface area contributed by atoms with Gasteiger partial charge in [-0.05, 0) is 32.0 Å². The van der Waals surface area contributed by atoms with E-state index in [9.17, 15) is 9.18 Å². The first kappa shape index (κ1) is 26.8. The van der Waals surface area contributed by atoms with Crippen molar-refractivity contribution in [1.29, 1.82) is 0 Å². The van der Waals surface area contributed by atoms with Crippen LogP contribution >= 0.6 is 23.2 Å². The molecule has 2 heterocycles. The summed E-state index contributed by atoms with van der Waals surface area (Å²) in [6, 6.07) is 3.93. The number of aromatic nitrogens is 1. The van der Waals surface area contributed by atoms with Gasteiger partial charge in [-0.2, -0.15) is 0 Å². The van der Waals surface area contributed by atoms with Crippen molar-refractivity contribution < 1.29 is 18.7 Å². The lowest BCUT2D eigenvalue weighted by Crippen LogP contribution is -2.40. The first-order chi connectivity index (χ1) is 16.8. The van der Waals surface area contributed by atoms with E-state index in [-0.39, 0.29) is 34.2 Å². The number of pyridine rings is 1. The van der Waals surface area contributed by atoms with Crippen LogP contribution in [0.15, 0.2) is 24.4 Å². The molecule has 3 rings (SSSR count). The second-order valence-corrected chi connectivity index (χ2v) is 8.63. The minimum Gasteiger partial charge on any atom is -0.482 e. The standard InChI is InChI=1S/C24H28Cl2FN5O3/c1-16(21-18(25)5-6-19(27)22(21)26)35-20-14-17(15-31-23(20)28)4-2-7-29-24(33)30-8-3-9-32-10-12-34-13-11-32/h5-6,14-16H,3,7-13H2,1H3,(H2,28,31)(H2,29,30,33). The Morgan fingerprint density at radius 3 is 2.89 bits per heavy atom. The van der Waals surface area contributed by atoms with Gasteiger partial charge in [-0.3, -0.25) is 4.90 Å². The van der Waals surface area contributed by atoms with Gasteiger partial charge in [-0.15, -0.1) is 0 Å². The van der Waals surface area contributed by atoms with Crippen molar-refractivity contribution in [3.8, 4) is 17.6 Å². The van der Waals surface area contributed by atoms with Crippen molar-refractivity contribution in [2.45, 2.75) is 19.4 Å².